The van der Waals surface area contributed by atoms with Gasteiger partial charge in [-0.15, -0.1) is 11.3 Å². The number of nitrogens with zero attached hydrogens (tertiary/aromatic N) is 1. The molecule has 21 heavy (non-hydrogen) atoms. The normalized spacial score (nSPS) is 22.2. The third-order valence-electron chi connectivity index (χ3n) is 3.80. The first kappa shape index (κ1) is 14.3. The summed E-state index contributed by atoms with van der Waals surface area (Å²) in [5.74, 6) is 0.124. The maximum absolute atomic E-state index is 12.6. The van der Waals surface area contributed by atoms with Gasteiger partial charge in [0, 0.05) is 13.0 Å². The van der Waals surface area contributed by atoms with Gasteiger partial charge >= 0.3 is 0 Å². The molecule has 1 aromatic heterocycles. The number of thiophene rings is 1. The van der Waals surface area contributed by atoms with E-state index in [4.69, 9.17) is 4.74 Å². The molecule has 2 atom stereocenters. The van der Waals surface area contributed by atoms with E-state index in [1.165, 1.54) is 16.9 Å². The molecule has 0 N–H and O–H groups in total. The van der Waals surface area contributed by atoms with Crippen molar-refractivity contribution in [2.24, 2.45) is 0 Å². The second kappa shape index (κ2) is 6.41. The van der Waals surface area contributed by atoms with Gasteiger partial charge in [-0.3, -0.25) is 4.79 Å². The zero-order valence-corrected chi connectivity index (χ0v) is 12.9. The van der Waals surface area contributed by atoms with Crippen LogP contribution in [0.4, 0.5) is 0 Å². The lowest BCUT2D eigenvalue weighted by atomic mass is 10.1. The number of rotatable bonds is 3. The van der Waals surface area contributed by atoms with E-state index in [0.29, 0.717) is 13.2 Å². The van der Waals surface area contributed by atoms with E-state index < -0.39 is 0 Å². The standard InChI is InChI=1S/C17H19NO2S/c1-13-12-20-15(10-14-6-3-2-4-7-14)11-18(13)17(19)16-8-5-9-21-16/h2-9,13,15H,10-12H2,1H3. The molecule has 2 aromatic rings. The Balaban J connectivity index is 1.68. The fraction of sp³-hybridized carbons (Fsp3) is 0.353. The minimum atomic E-state index is 0.0764. The molecule has 0 radical (unpaired) electrons. The van der Waals surface area contributed by atoms with Crippen LogP contribution in [0.25, 0.3) is 0 Å². The lowest BCUT2D eigenvalue weighted by Gasteiger charge is -2.38. The Morgan fingerprint density at radius 1 is 1.29 bits per heavy atom. The van der Waals surface area contributed by atoms with Crippen LogP contribution in [0.1, 0.15) is 22.2 Å². The third kappa shape index (κ3) is 3.34. The molecule has 0 saturated carbocycles. The molecular formula is C17H19NO2S. The van der Waals surface area contributed by atoms with Gasteiger partial charge in [0.15, 0.2) is 0 Å². The summed E-state index contributed by atoms with van der Waals surface area (Å²) in [6, 6.07) is 14.2. The van der Waals surface area contributed by atoms with Gasteiger partial charge < -0.3 is 9.64 Å². The van der Waals surface area contributed by atoms with Gasteiger partial charge in [0.25, 0.3) is 5.91 Å². The number of carbonyl (C=O) groups is 1. The summed E-state index contributed by atoms with van der Waals surface area (Å²) in [6.45, 7) is 3.31. The van der Waals surface area contributed by atoms with Gasteiger partial charge in [0.1, 0.15) is 0 Å². The summed E-state index contributed by atoms with van der Waals surface area (Å²) in [4.78, 5) is 15.3. The van der Waals surface area contributed by atoms with Crippen molar-refractivity contribution in [1.82, 2.24) is 4.90 Å². The highest BCUT2D eigenvalue weighted by Gasteiger charge is 2.30. The first-order chi connectivity index (χ1) is 10.2. The molecule has 0 spiro atoms. The molecule has 0 aliphatic carbocycles. The highest BCUT2D eigenvalue weighted by molar-refractivity contribution is 7.12. The van der Waals surface area contributed by atoms with Crippen LogP contribution in [0, 0.1) is 0 Å². The van der Waals surface area contributed by atoms with Crippen molar-refractivity contribution in [2.75, 3.05) is 13.2 Å². The molecular weight excluding hydrogens is 282 g/mol. The summed E-state index contributed by atoms with van der Waals surface area (Å²) in [6.07, 6.45) is 0.925. The minimum absolute atomic E-state index is 0.0764. The van der Waals surface area contributed by atoms with Gasteiger partial charge in [-0.2, -0.15) is 0 Å². The number of amides is 1. The average molecular weight is 301 g/mol. The second-order valence-electron chi connectivity index (χ2n) is 5.43. The number of morpholine rings is 1. The van der Waals surface area contributed by atoms with Crippen LogP contribution >= 0.6 is 11.3 Å². The predicted molar refractivity (Wildman–Crippen MR) is 84.7 cm³/mol. The number of hydrogen-bond acceptors (Lipinski definition) is 3. The Hall–Kier alpha value is -1.65. The van der Waals surface area contributed by atoms with Crippen molar-refractivity contribution in [3.05, 3.63) is 58.3 Å². The lowest BCUT2D eigenvalue weighted by Crippen LogP contribution is -2.51. The average Bonchev–Trinajstić information content (AvgIpc) is 3.04. The molecule has 4 heteroatoms. The third-order valence-corrected chi connectivity index (χ3v) is 4.66. The van der Waals surface area contributed by atoms with Crippen LogP contribution in [0.15, 0.2) is 47.8 Å². The Kier molecular flexibility index (Phi) is 4.36. The maximum atomic E-state index is 12.6. The number of carbonyl (C=O) groups excluding carboxylic acids is 1. The maximum Gasteiger partial charge on any atom is 0.264 e. The molecule has 1 amide bonds. The molecule has 3 nitrogen and oxygen atoms in total. The Bertz CT molecular complexity index is 582. The topological polar surface area (TPSA) is 29.5 Å². The Morgan fingerprint density at radius 2 is 2.10 bits per heavy atom. The first-order valence-electron chi connectivity index (χ1n) is 7.24. The van der Waals surface area contributed by atoms with Gasteiger partial charge in [0.2, 0.25) is 0 Å². The van der Waals surface area contributed by atoms with Gasteiger partial charge in [-0.25, -0.2) is 0 Å². The van der Waals surface area contributed by atoms with Crippen LogP contribution in [0.2, 0.25) is 0 Å². The summed E-state index contributed by atoms with van der Waals surface area (Å²) in [7, 11) is 0. The fourth-order valence-corrected chi connectivity index (χ4v) is 3.32. The van der Waals surface area contributed by atoms with Crippen LogP contribution in [-0.2, 0) is 11.2 Å². The van der Waals surface area contributed by atoms with E-state index in [0.717, 1.165) is 11.3 Å². The van der Waals surface area contributed by atoms with Gasteiger partial charge in [0.05, 0.1) is 23.6 Å². The van der Waals surface area contributed by atoms with Crippen molar-refractivity contribution in [3.8, 4) is 0 Å². The summed E-state index contributed by atoms with van der Waals surface area (Å²) >= 11 is 1.50. The van der Waals surface area contributed by atoms with Gasteiger partial charge in [-0.1, -0.05) is 36.4 Å². The summed E-state index contributed by atoms with van der Waals surface area (Å²) < 4.78 is 5.90. The van der Waals surface area contributed by atoms with E-state index >= 15 is 0 Å². The van der Waals surface area contributed by atoms with Crippen LogP contribution in [0.3, 0.4) is 0 Å². The zero-order chi connectivity index (χ0) is 14.7. The zero-order valence-electron chi connectivity index (χ0n) is 12.1. The molecule has 3 rings (SSSR count). The number of benzene rings is 1. The molecule has 1 aromatic carbocycles. The highest BCUT2D eigenvalue weighted by Crippen LogP contribution is 2.20. The van der Waals surface area contributed by atoms with Crippen molar-refractivity contribution in [2.45, 2.75) is 25.5 Å². The monoisotopic (exact) mass is 301 g/mol. The van der Waals surface area contributed by atoms with Crippen molar-refractivity contribution >= 4 is 17.2 Å². The quantitative estimate of drug-likeness (QED) is 0.871. The van der Waals surface area contributed by atoms with Crippen LogP contribution in [0.5, 0.6) is 0 Å². The Labute approximate surface area is 129 Å². The van der Waals surface area contributed by atoms with Crippen molar-refractivity contribution in [3.63, 3.8) is 0 Å². The van der Waals surface area contributed by atoms with Crippen LogP contribution in [-0.4, -0.2) is 36.1 Å². The smallest absolute Gasteiger partial charge is 0.264 e. The molecule has 2 unspecified atom stereocenters. The van der Waals surface area contributed by atoms with E-state index in [1.54, 1.807) is 0 Å². The van der Waals surface area contributed by atoms with E-state index in [1.807, 2.05) is 47.5 Å². The van der Waals surface area contributed by atoms with E-state index in [2.05, 4.69) is 12.1 Å². The van der Waals surface area contributed by atoms with Crippen LogP contribution < -0.4 is 0 Å². The minimum Gasteiger partial charge on any atom is -0.374 e. The van der Waals surface area contributed by atoms with Gasteiger partial charge in [-0.05, 0) is 23.9 Å². The summed E-state index contributed by atoms with van der Waals surface area (Å²) in [5.41, 5.74) is 1.25. The first-order valence-corrected chi connectivity index (χ1v) is 8.12. The molecule has 1 aliphatic rings. The number of hydrogen-bond donors (Lipinski definition) is 0. The number of ether oxygens (including phenoxy) is 1. The van der Waals surface area contributed by atoms with Crippen molar-refractivity contribution < 1.29 is 9.53 Å². The molecule has 0 bridgehead atoms. The molecule has 2 heterocycles. The molecule has 1 fully saturated rings. The fourth-order valence-electron chi connectivity index (χ4n) is 2.64. The lowest BCUT2D eigenvalue weighted by molar-refractivity contribution is -0.0462. The van der Waals surface area contributed by atoms with E-state index in [-0.39, 0.29) is 18.1 Å². The predicted octanol–water partition coefficient (Wildman–Crippen LogP) is 3.22. The second-order valence-corrected chi connectivity index (χ2v) is 6.38. The molecule has 110 valence electrons. The van der Waals surface area contributed by atoms with Crippen molar-refractivity contribution in [1.29, 1.82) is 0 Å². The largest absolute Gasteiger partial charge is 0.374 e. The summed E-state index contributed by atoms with van der Waals surface area (Å²) in [5, 5.41) is 1.94. The highest BCUT2D eigenvalue weighted by atomic mass is 32.1. The molecule has 1 aliphatic heterocycles. The molecule has 1 saturated heterocycles. The SMILES string of the molecule is CC1COC(Cc2ccccc2)CN1C(=O)c1cccs1. The van der Waals surface area contributed by atoms with E-state index in [9.17, 15) is 4.79 Å². The Morgan fingerprint density at radius 3 is 2.81 bits per heavy atom.